The van der Waals surface area contributed by atoms with E-state index in [0.717, 1.165) is 12.1 Å². The van der Waals surface area contributed by atoms with Crippen molar-refractivity contribution in [3.05, 3.63) is 64.6 Å². The monoisotopic (exact) mass is 501 g/mol. The number of hydrogen-bond donors (Lipinski definition) is 2. The lowest BCUT2D eigenvalue weighted by atomic mass is 10.2. The molecular weight excluding hydrogens is 487 g/mol. The minimum atomic E-state index is -4.78. The molecule has 3 aromatic rings. The number of nitrogens with zero attached hydrogens (tertiary/aromatic N) is 1. The van der Waals surface area contributed by atoms with Crippen molar-refractivity contribution < 1.29 is 27.5 Å². The van der Waals surface area contributed by atoms with Gasteiger partial charge in [-0.1, -0.05) is 23.4 Å². The van der Waals surface area contributed by atoms with Crippen molar-refractivity contribution in [3.8, 4) is 5.75 Å². The molecule has 0 fully saturated rings. The summed E-state index contributed by atoms with van der Waals surface area (Å²) in [5, 5.41) is 7.61. The molecule has 32 heavy (non-hydrogen) atoms. The minimum absolute atomic E-state index is 0.0190. The number of halogens is 4. The van der Waals surface area contributed by atoms with Gasteiger partial charge in [0.15, 0.2) is 4.34 Å². The normalized spacial score (nSPS) is 11.1. The van der Waals surface area contributed by atoms with Crippen molar-refractivity contribution in [1.82, 2.24) is 4.98 Å². The van der Waals surface area contributed by atoms with Crippen LogP contribution in [0.1, 0.15) is 5.69 Å². The number of carbonyl (C=O) groups is 2. The van der Waals surface area contributed by atoms with E-state index in [4.69, 9.17) is 11.6 Å². The molecule has 0 unspecified atom stereocenters. The quantitative estimate of drug-likeness (QED) is 0.392. The number of hydrogen-bond acceptors (Lipinski definition) is 6. The fourth-order valence-corrected chi connectivity index (χ4v) is 4.17. The maximum Gasteiger partial charge on any atom is 0.573 e. The molecule has 6 nitrogen and oxygen atoms in total. The number of rotatable bonds is 8. The lowest BCUT2D eigenvalue weighted by molar-refractivity contribution is -0.274. The standard InChI is InChI=1S/C20H15ClF3N3O3S2/c21-12-1-3-13(4-2-12)26-18(29)11-32-19-27-15(10-31-19)9-17(28)25-14-5-7-16(8-6-14)30-20(22,23)24/h1-8,10H,9,11H2,(H,25,28)(H,26,29). The first-order valence-electron chi connectivity index (χ1n) is 8.94. The third-order valence-corrected chi connectivity index (χ3v) is 6.02. The molecule has 0 aliphatic carbocycles. The molecule has 1 aromatic heterocycles. The van der Waals surface area contributed by atoms with Crippen LogP contribution in [0, 0.1) is 0 Å². The van der Waals surface area contributed by atoms with Crippen molar-refractivity contribution in [2.45, 2.75) is 17.1 Å². The molecule has 0 radical (unpaired) electrons. The number of nitrogens with one attached hydrogen (secondary N) is 2. The maximum atomic E-state index is 12.2. The minimum Gasteiger partial charge on any atom is -0.406 e. The summed E-state index contributed by atoms with van der Waals surface area (Å²) in [5.41, 5.74) is 1.48. The van der Waals surface area contributed by atoms with E-state index in [0.29, 0.717) is 26.4 Å². The summed E-state index contributed by atoms with van der Waals surface area (Å²) >= 11 is 8.35. The third-order valence-electron chi connectivity index (χ3n) is 3.70. The summed E-state index contributed by atoms with van der Waals surface area (Å²) in [5.74, 6) is -0.813. The predicted molar refractivity (Wildman–Crippen MR) is 118 cm³/mol. The van der Waals surface area contributed by atoms with E-state index >= 15 is 0 Å². The molecule has 0 saturated heterocycles. The molecule has 0 bridgehead atoms. The van der Waals surface area contributed by atoms with E-state index < -0.39 is 6.36 Å². The van der Waals surface area contributed by atoms with Gasteiger partial charge in [0, 0.05) is 21.8 Å². The van der Waals surface area contributed by atoms with Crippen molar-refractivity contribution in [2.24, 2.45) is 0 Å². The molecule has 0 aliphatic heterocycles. The fourth-order valence-electron chi connectivity index (χ4n) is 2.40. The second-order valence-electron chi connectivity index (χ2n) is 6.25. The van der Waals surface area contributed by atoms with E-state index in [2.05, 4.69) is 20.4 Å². The second-order valence-corrected chi connectivity index (χ2v) is 8.76. The topological polar surface area (TPSA) is 80.3 Å². The van der Waals surface area contributed by atoms with Crippen molar-refractivity contribution in [3.63, 3.8) is 0 Å². The van der Waals surface area contributed by atoms with Crippen LogP contribution in [0.2, 0.25) is 5.02 Å². The zero-order valence-electron chi connectivity index (χ0n) is 16.1. The number of thiazole rings is 1. The van der Waals surface area contributed by atoms with Gasteiger partial charge in [-0.05, 0) is 48.5 Å². The highest BCUT2D eigenvalue weighted by molar-refractivity contribution is 8.01. The molecule has 0 atom stereocenters. The zero-order valence-corrected chi connectivity index (χ0v) is 18.5. The van der Waals surface area contributed by atoms with Gasteiger partial charge in [-0.2, -0.15) is 0 Å². The molecule has 3 rings (SSSR count). The Kier molecular flexibility index (Phi) is 7.99. The summed E-state index contributed by atoms with van der Waals surface area (Å²) in [4.78, 5) is 28.5. The molecule has 1 heterocycles. The van der Waals surface area contributed by atoms with Crippen LogP contribution in [-0.4, -0.2) is 28.9 Å². The molecule has 0 spiro atoms. The number of alkyl halides is 3. The third kappa shape index (κ3) is 8.06. The first-order chi connectivity index (χ1) is 15.2. The Balaban J connectivity index is 1.44. The van der Waals surface area contributed by atoms with Gasteiger partial charge >= 0.3 is 6.36 Å². The molecular formula is C20H15ClF3N3O3S2. The number of ether oxygens (including phenoxy) is 1. The summed E-state index contributed by atoms with van der Waals surface area (Å²) in [6, 6.07) is 11.6. The molecule has 0 aliphatic rings. The molecule has 2 amide bonds. The van der Waals surface area contributed by atoms with E-state index in [1.807, 2.05) is 0 Å². The van der Waals surface area contributed by atoms with Crippen molar-refractivity contribution in [1.29, 1.82) is 0 Å². The van der Waals surface area contributed by atoms with Crippen LogP contribution in [0.4, 0.5) is 24.5 Å². The van der Waals surface area contributed by atoms with Crippen LogP contribution >= 0.6 is 34.7 Å². The number of aromatic nitrogens is 1. The second kappa shape index (κ2) is 10.7. The van der Waals surface area contributed by atoms with Crippen LogP contribution < -0.4 is 15.4 Å². The number of thioether (sulfide) groups is 1. The summed E-state index contributed by atoms with van der Waals surface area (Å²) in [6.07, 6.45) is -4.80. The van der Waals surface area contributed by atoms with E-state index in [1.165, 1.54) is 35.2 Å². The van der Waals surface area contributed by atoms with Crippen LogP contribution in [0.15, 0.2) is 58.3 Å². The van der Waals surface area contributed by atoms with Gasteiger partial charge < -0.3 is 15.4 Å². The number of benzene rings is 2. The molecule has 2 N–H and O–H groups in total. The smallest absolute Gasteiger partial charge is 0.406 e. The fraction of sp³-hybridized carbons (Fsp3) is 0.150. The highest BCUT2D eigenvalue weighted by Crippen LogP contribution is 2.25. The van der Waals surface area contributed by atoms with Gasteiger partial charge in [-0.25, -0.2) is 4.98 Å². The molecule has 0 saturated carbocycles. The first kappa shape index (κ1) is 23.9. The van der Waals surface area contributed by atoms with E-state index in [-0.39, 0.29) is 29.7 Å². The molecule has 2 aromatic carbocycles. The number of carbonyl (C=O) groups excluding carboxylic acids is 2. The average Bonchev–Trinajstić information content (AvgIpc) is 3.16. The Morgan fingerprint density at radius 2 is 1.59 bits per heavy atom. The summed E-state index contributed by atoms with van der Waals surface area (Å²) in [6.45, 7) is 0. The molecule has 12 heteroatoms. The average molecular weight is 502 g/mol. The van der Waals surface area contributed by atoms with Crippen LogP contribution in [0.3, 0.4) is 0 Å². The lowest BCUT2D eigenvalue weighted by Gasteiger charge is -2.09. The number of anilines is 2. The van der Waals surface area contributed by atoms with Gasteiger partial charge in [-0.15, -0.1) is 24.5 Å². The van der Waals surface area contributed by atoms with Gasteiger partial charge in [0.1, 0.15) is 5.75 Å². The van der Waals surface area contributed by atoms with Crippen LogP contribution in [-0.2, 0) is 16.0 Å². The zero-order chi connectivity index (χ0) is 23.1. The Labute approximate surface area is 194 Å². The summed E-state index contributed by atoms with van der Waals surface area (Å²) in [7, 11) is 0. The maximum absolute atomic E-state index is 12.2. The Morgan fingerprint density at radius 3 is 2.22 bits per heavy atom. The van der Waals surface area contributed by atoms with Crippen LogP contribution in [0.25, 0.3) is 0 Å². The van der Waals surface area contributed by atoms with E-state index in [9.17, 15) is 22.8 Å². The Hall–Kier alpha value is -2.76. The van der Waals surface area contributed by atoms with Gasteiger partial charge in [0.2, 0.25) is 11.8 Å². The first-order valence-corrected chi connectivity index (χ1v) is 11.2. The lowest BCUT2D eigenvalue weighted by Crippen LogP contribution is -2.17. The van der Waals surface area contributed by atoms with Gasteiger partial charge in [0.25, 0.3) is 0 Å². The SMILES string of the molecule is O=C(CSc1nc(CC(=O)Nc2ccc(OC(F)(F)F)cc2)cs1)Nc1ccc(Cl)cc1. The van der Waals surface area contributed by atoms with Gasteiger partial charge in [0.05, 0.1) is 17.9 Å². The molecule has 168 valence electrons. The largest absolute Gasteiger partial charge is 0.573 e. The summed E-state index contributed by atoms with van der Waals surface area (Å²) < 4.78 is 41.0. The van der Waals surface area contributed by atoms with Gasteiger partial charge in [-0.3, -0.25) is 9.59 Å². The van der Waals surface area contributed by atoms with Crippen molar-refractivity contribution in [2.75, 3.05) is 16.4 Å². The number of amides is 2. The van der Waals surface area contributed by atoms with E-state index in [1.54, 1.807) is 29.6 Å². The van der Waals surface area contributed by atoms with Crippen molar-refractivity contribution >= 4 is 57.9 Å². The Morgan fingerprint density at radius 1 is 1.00 bits per heavy atom. The van der Waals surface area contributed by atoms with Crippen LogP contribution in [0.5, 0.6) is 5.75 Å². The highest BCUT2D eigenvalue weighted by atomic mass is 35.5. The predicted octanol–water partition coefficient (Wildman–Crippen LogP) is 5.61. The Bertz CT molecular complexity index is 1070. The highest BCUT2D eigenvalue weighted by Gasteiger charge is 2.30.